The van der Waals surface area contributed by atoms with Crippen LogP contribution in [0.3, 0.4) is 0 Å². The number of allylic oxidation sites excluding steroid dienone is 1. The molecular weight excluding hydrogens is 322 g/mol. The zero-order chi connectivity index (χ0) is 18.9. The fourth-order valence-electron chi connectivity index (χ4n) is 3.16. The van der Waals surface area contributed by atoms with Crippen LogP contribution in [0.5, 0.6) is 0 Å². The van der Waals surface area contributed by atoms with Crippen molar-refractivity contribution in [3.8, 4) is 0 Å². The summed E-state index contributed by atoms with van der Waals surface area (Å²) < 4.78 is 2.38. The normalized spacial score (nSPS) is 11.9. The van der Waals surface area contributed by atoms with Gasteiger partial charge in [0, 0.05) is 25.9 Å². The molecule has 0 spiro atoms. The zero-order valence-electron chi connectivity index (χ0n) is 16.8. The maximum Gasteiger partial charge on any atom is 0.155 e. The lowest BCUT2D eigenvalue weighted by atomic mass is 10.1. The quantitative estimate of drug-likeness (QED) is 0.548. The number of aryl methyl sites for hydroxylation is 1. The molecule has 0 fully saturated rings. The largest absolute Gasteiger partial charge is 0.327 e. The van der Waals surface area contributed by atoms with Crippen molar-refractivity contribution in [3.63, 3.8) is 0 Å². The lowest BCUT2D eigenvalue weighted by Crippen LogP contribution is -2.27. The van der Waals surface area contributed by atoms with E-state index in [9.17, 15) is 4.79 Å². The van der Waals surface area contributed by atoms with Crippen LogP contribution >= 0.6 is 0 Å². The number of rotatable bonds is 11. The number of hydrogen-bond donors (Lipinski definition) is 0. The van der Waals surface area contributed by atoms with Gasteiger partial charge in [-0.2, -0.15) is 0 Å². The summed E-state index contributed by atoms with van der Waals surface area (Å²) in [5.74, 6) is 1.33. The SMILES string of the molecule is CCCCc1nc2cc(/C=C/C(=O)CC)ccc2n1CCN(CC)CC. The molecule has 2 aromatic rings. The van der Waals surface area contributed by atoms with E-state index in [-0.39, 0.29) is 5.78 Å². The summed E-state index contributed by atoms with van der Waals surface area (Å²) in [6, 6.07) is 6.33. The molecule has 0 radical (unpaired) electrons. The Kier molecular flexibility index (Phi) is 8.05. The third-order valence-electron chi connectivity index (χ3n) is 4.95. The molecule has 4 nitrogen and oxygen atoms in total. The van der Waals surface area contributed by atoms with E-state index in [1.165, 1.54) is 17.8 Å². The predicted octanol–water partition coefficient (Wildman–Crippen LogP) is 4.71. The van der Waals surface area contributed by atoms with E-state index in [4.69, 9.17) is 4.98 Å². The molecule has 1 aromatic heterocycles. The van der Waals surface area contributed by atoms with Crippen LogP contribution in [0.25, 0.3) is 17.1 Å². The Labute approximate surface area is 157 Å². The summed E-state index contributed by atoms with van der Waals surface area (Å²) in [6.45, 7) is 12.7. The molecule has 0 bridgehead atoms. The minimum atomic E-state index is 0.151. The Balaban J connectivity index is 2.31. The number of carbonyl (C=O) groups excluding carboxylic acids is 1. The van der Waals surface area contributed by atoms with Gasteiger partial charge >= 0.3 is 0 Å². The molecule has 4 heteroatoms. The molecule has 0 aliphatic heterocycles. The van der Waals surface area contributed by atoms with E-state index in [0.717, 1.165) is 50.1 Å². The zero-order valence-corrected chi connectivity index (χ0v) is 16.8. The number of likely N-dealkylation sites (N-methyl/N-ethyl adjacent to an activating group) is 1. The van der Waals surface area contributed by atoms with Gasteiger partial charge in [0.25, 0.3) is 0 Å². The third-order valence-corrected chi connectivity index (χ3v) is 4.95. The highest BCUT2D eigenvalue weighted by molar-refractivity contribution is 5.93. The molecule has 2 rings (SSSR count). The highest BCUT2D eigenvalue weighted by Gasteiger charge is 2.11. The second-order valence-corrected chi connectivity index (χ2v) is 6.71. The summed E-state index contributed by atoms with van der Waals surface area (Å²) in [5, 5.41) is 0. The van der Waals surface area contributed by atoms with Crippen LogP contribution in [0.1, 0.15) is 58.3 Å². The van der Waals surface area contributed by atoms with Crippen molar-refractivity contribution >= 4 is 22.9 Å². The number of benzene rings is 1. The number of imidazole rings is 1. The average molecular weight is 356 g/mol. The predicted molar refractivity (Wildman–Crippen MR) is 110 cm³/mol. The summed E-state index contributed by atoms with van der Waals surface area (Å²) >= 11 is 0. The van der Waals surface area contributed by atoms with Crippen molar-refractivity contribution in [2.75, 3.05) is 19.6 Å². The van der Waals surface area contributed by atoms with Gasteiger partial charge in [0.05, 0.1) is 11.0 Å². The highest BCUT2D eigenvalue weighted by atomic mass is 16.1. The third kappa shape index (κ3) is 5.28. The van der Waals surface area contributed by atoms with E-state index in [2.05, 4.69) is 48.4 Å². The van der Waals surface area contributed by atoms with Gasteiger partial charge in [0.2, 0.25) is 0 Å². The summed E-state index contributed by atoms with van der Waals surface area (Å²) in [4.78, 5) is 18.9. The van der Waals surface area contributed by atoms with Gasteiger partial charge < -0.3 is 9.47 Å². The molecule has 0 aliphatic carbocycles. The number of fused-ring (bicyclic) bond motifs is 1. The average Bonchev–Trinajstić information content (AvgIpc) is 3.01. The lowest BCUT2D eigenvalue weighted by Gasteiger charge is -2.19. The first-order valence-corrected chi connectivity index (χ1v) is 10.0. The van der Waals surface area contributed by atoms with Crippen LogP contribution in [0.2, 0.25) is 0 Å². The molecule has 0 saturated carbocycles. The maximum atomic E-state index is 11.5. The van der Waals surface area contributed by atoms with E-state index in [1.807, 2.05) is 13.0 Å². The van der Waals surface area contributed by atoms with Crippen molar-refractivity contribution in [1.29, 1.82) is 0 Å². The van der Waals surface area contributed by atoms with Crippen LogP contribution in [0.4, 0.5) is 0 Å². The van der Waals surface area contributed by atoms with E-state index in [0.29, 0.717) is 6.42 Å². The topological polar surface area (TPSA) is 38.1 Å². The number of nitrogens with zero attached hydrogens (tertiary/aromatic N) is 3. The Hall–Kier alpha value is -1.94. The van der Waals surface area contributed by atoms with Gasteiger partial charge in [0.15, 0.2) is 5.78 Å². The number of unbranched alkanes of at least 4 members (excludes halogenated alkanes) is 1. The number of ketones is 1. The molecule has 1 heterocycles. The number of aromatic nitrogens is 2. The summed E-state index contributed by atoms with van der Waals surface area (Å²) in [5.41, 5.74) is 3.26. The van der Waals surface area contributed by atoms with Crippen molar-refractivity contribution in [2.45, 2.75) is 59.9 Å². The van der Waals surface area contributed by atoms with Crippen LogP contribution in [-0.2, 0) is 17.8 Å². The van der Waals surface area contributed by atoms with Crippen molar-refractivity contribution in [1.82, 2.24) is 14.5 Å². The number of hydrogen-bond acceptors (Lipinski definition) is 3. The Morgan fingerprint density at radius 2 is 1.96 bits per heavy atom. The molecule has 26 heavy (non-hydrogen) atoms. The standard InChI is InChI=1S/C22H33N3O/c1-5-9-10-22-23-20-17-18(11-13-19(26)6-2)12-14-21(20)25(22)16-15-24(7-3)8-4/h11-14,17H,5-10,15-16H2,1-4H3/b13-11+. The Morgan fingerprint density at radius 3 is 2.62 bits per heavy atom. The van der Waals surface area contributed by atoms with E-state index >= 15 is 0 Å². The molecule has 0 aliphatic rings. The van der Waals surface area contributed by atoms with E-state index < -0.39 is 0 Å². The van der Waals surface area contributed by atoms with Crippen molar-refractivity contribution < 1.29 is 4.79 Å². The summed E-state index contributed by atoms with van der Waals surface area (Å²) in [7, 11) is 0. The Bertz CT molecular complexity index is 741. The van der Waals surface area contributed by atoms with Gasteiger partial charge in [-0.3, -0.25) is 4.79 Å². The van der Waals surface area contributed by atoms with Crippen molar-refractivity contribution in [3.05, 3.63) is 35.7 Å². The lowest BCUT2D eigenvalue weighted by molar-refractivity contribution is -0.114. The first-order chi connectivity index (χ1) is 12.6. The van der Waals surface area contributed by atoms with Gasteiger partial charge in [-0.25, -0.2) is 4.98 Å². The van der Waals surface area contributed by atoms with Crippen molar-refractivity contribution in [2.24, 2.45) is 0 Å². The summed E-state index contributed by atoms with van der Waals surface area (Å²) in [6.07, 6.45) is 7.45. The second-order valence-electron chi connectivity index (χ2n) is 6.71. The molecule has 0 atom stereocenters. The van der Waals surface area contributed by atoms with Gasteiger partial charge in [-0.15, -0.1) is 0 Å². The molecule has 0 N–H and O–H groups in total. The van der Waals surface area contributed by atoms with Crippen LogP contribution in [0.15, 0.2) is 24.3 Å². The van der Waals surface area contributed by atoms with Crippen LogP contribution in [-0.4, -0.2) is 39.9 Å². The Morgan fingerprint density at radius 1 is 1.19 bits per heavy atom. The molecule has 0 saturated heterocycles. The minimum absolute atomic E-state index is 0.151. The van der Waals surface area contributed by atoms with Gasteiger partial charge in [-0.1, -0.05) is 46.3 Å². The fourth-order valence-corrected chi connectivity index (χ4v) is 3.16. The van der Waals surface area contributed by atoms with E-state index in [1.54, 1.807) is 6.08 Å². The molecular formula is C22H33N3O. The fraction of sp³-hybridized carbons (Fsp3) is 0.545. The first kappa shape index (κ1) is 20.4. The van der Waals surface area contributed by atoms with Crippen LogP contribution < -0.4 is 0 Å². The smallest absolute Gasteiger partial charge is 0.155 e. The minimum Gasteiger partial charge on any atom is -0.327 e. The maximum absolute atomic E-state index is 11.5. The molecule has 0 amide bonds. The first-order valence-electron chi connectivity index (χ1n) is 10.0. The molecule has 0 unspecified atom stereocenters. The molecule has 142 valence electrons. The van der Waals surface area contributed by atoms with Gasteiger partial charge in [0.1, 0.15) is 5.82 Å². The molecule has 1 aromatic carbocycles. The highest BCUT2D eigenvalue weighted by Crippen LogP contribution is 2.20. The second kappa shape index (κ2) is 10.3. The number of carbonyl (C=O) groups is 1. The van der Waals surface area contributed by atoms with Gasteiger partial charge in [-0.05, 0) is 43.3 Å². The monoisotopic (exact) mass is 355 g/mol. The van der Waals surface area contributed by atoms with Crippen LogP contribution in [0, 0.1) is 0 Å².